The molecule has 2 aromatic carbocycles. The van der Waals surface area contributed by atoms with Gasteiger partial charge in [0.15, 0.2) is 4.77 Å². The second-order valence-corrected chi connectivity index (χ2v) is 7.06. The molecule has 1 aliphatic heterocycles. The molecule has 6 heteroatoms. The van der Waals surface area contributed by atoms with Crippen molar-refractivity contribution in [1.29, 1.82) is 0 Å². The number of nitrogens with one attached hydrogen (secondary N) is 2. The molecule has 0 radical (unpaired) electrons. The Kier molecular flexibility index (Phi) is 4.42. The fourth-order valence-electron chi connectivity index (χ4n) is 3.67. The molecule has 26 heavy (non-hydrogen) atoms. The van der Waals surface area contributed by atoms with Crippen molar-refractivity contribution in [3.05, 3.63) is 74.8 Å². The molecular formula is C20H19N3O2S. The zero-order valence-corrected chi connectivity index (χ0v) is 15.0. The normalized spacial score (nSPS) is 16.9. The summed E-state index contributed by atoms with van der Waals surface area (Å²) < 4.78 is 0.259. The van der Waals surface area contributed by atoms with Crippen molar-refractivity contribution in [2.24, 2.45) is 0 Å². The Bertz CT molecular complexity index is 1070. The minimum absolute atomic E-state index is 0.00457. The van der Waals surface area contributed by atoms with Crippen LogP contribution in [0.3, 0.4) is 0 Å². The Labute approximate surface area is 155 Å². The Morgan fingerprint density at radius 1 is 1.15 bits per heavy atom. The summed E-state index contributed by atoms with van der Waals surface area (Å²) in [6.07, 6.45) is 2.89. The second kappa shape index (κ2) is 6.88. The maximum atomic E-state index is 13.1. The number of carbonyl (C=O) groups is 1. The highest BCUT2D eigenvalue weighted by molar-refractivity contribution is 7.71. The average molecular weight is 365 g/mol. The molecule has 1 saturated heterocycles. The molecule has 3 aromatic rings. The summed E-state index contributed by atoms with van der Waals surface area (Å²) in [5, 5.41) is 0.498. The highest BCUT2D eigenvalue weighted by Gasteiger charge is 2.29. The zero-order valence-electron chi connectivity index (χ0n) is 14.2. The predicted molar refractivity (Wildman–Crippen MR) is 104 cm³/mol. The SMILES string of the molecule is O=C(c1ccc2c(=O)[nH]c(=S)[nH]c2c1)N1CCC[C@H]1Cc1ccccc1. The third-order valence-corrected chi connectivity index (χ3v) is 5.14. The van der Waals surface area contributed by atoms with E-state index in [0.29, 0.717) is 16.5 Å². The maximum Gasteiger partial charge on any atom is 0.259 e. The van der Waals surface area contributed by atoms with Gasteiger partial charge in [0.05, 0.1) is 10.9 Å². The van der Waals surface area contributed by atoms with Gasteiger partial charge in [0.2, 0.25) is 0 Å². The third kappa shape index (κ3) is 3.20. The lowest BCUT2D eigenvalue weighted by molar-refractivity contribution is 0.0736. The van der Waals surface area contributed by atoms with Crippen molar-refractivity contribution in [2.75, 3.05) is 6.54 Å². The molecule has 0 aliphatic carbocycles. The number of likely N-dealkylation sites (tertiary alicyclic amines) is 1. The van der Waals surface area contributed by atoms with E-state index in [4.69, 9.17) is 12.2 Å². The van der Waals surface area contributed by atoms with Crippen LogP contribution < -0.4 is 5.56 Å². The highest BCUT2D eigenvalue weighted by atomic mass is 32.1. The molecule has 0 bridgehead atoms. The molecule has 2 N–H and O–H groups in total. The van der Waals surface area contributed by atoms with Gasteiger partial charge < -0.3 is 9.88 Å². The molecule has 2 heterocycles. The van der Waals surface area contributed by atoms with E-state index in [9.17, 15) is 9.59 Å². The van der Waals surface area contributed by atoms with Crippen LogP contribution >= 0.6 is 12.2 Å². The first kappa shape index (κ1) is 16.7. The number of carbonyl (C=O) groups excluding carboxylic acids is 1. The molecular weight excluding hydrogens is 346 g/mol. The van der Waals surface area contributed by atoms with Crippen LogP contribution in [0.1, 0.15) is 28.8 Å². The minimum atomic E-state index is -0.245. The van der Waals surface area contributed by atoms with E-state index >= 15 is 0 Å². The first-order valence-corrected chi connectivity index (χ1v) is 9.14. The monoisotopic (exact) mass is 365 g/mol. The van der Waals surface area contributed by atoms with Crippen LogP contribution in [-0.2, 0) is 6.42 Å². The van der Waals surface area contributed by atoms with E-state index < -0.39 is 0 Å². The molecule has 1 fully saturated rings. The van der Waals surface area contributed by atoms with Crippen molar-refractivity contribution in [1.82, 2.24) is 14.9 Å². The van der Waals surface area contributed by atoms with Crippen molar-refractivity contribution >= 4 is 29.0 Å². The smallest absolute Gasteiger partial charge is 0.259 e. The lowest BCUT2D eigenvalue weighted by atomic mass is 10.0. The van der Waals surface area contributed by atoms with E-state index in [-0.39, 0.29) is 22.3 Å². The van der Waals surface area contributed by atoms with Gasteiger partial charge in [-0.1, -0.05) is 30.3 Å². The van der Waals surface area contributed by atoms with Crippen LogP contribution in [0.4, 0.5) is 0 Å². The largest absolute Gasteiger partial charge is 0.335 e. The Balaban J connectivity index is 1.63. The number of fused-ring (bicyclic) bond motifs is 1. The van der Waals surface area contributed by atoms with Gasteiger partial charge >= 0.3 is 0 Å². The molecule has 1 aromatic heterocycles. The summed E-state index contributed by atoms with van der Waals surface area (Å²) >= 11 is 5.03. The van der Waals surface area contributed by atoms with Crippen LogP contribution in [-0.4, -0.2) is 33.4 Å². The minimum Gasteiger partial charge on any atom is -0.335 e. The van der Waals surface area contributed by atoms with Gasteiger partial charge in [-0.3, -0.25) is 14.6 Å². The first-order chi connectivity index (χ1) is 12.6. The van der Waals surface area contributed by atoms with Crippen LogP contribution in [0.15, 0.2) is 53.3 Å². The Hall–Kier alpha value is -2.73. The summed E-state index contributed by atoms with van der Waals surface area (Å²) in [7, 11) is 0. The number of amides is 1. The van der Waals surface area contributed by atoms with Crippen molar-refractivity contribution in [3.63, 3.8) is 0 Å². The highest BCUT2D eigenvalue weighted by Crippen LogP contribution is 2.24. The van der Waals surface area contributed by atoms with Crippen molar-refractivity contribution in [2.45, 2.75) is 25.3 Å². The maximum absolute atomic E-state index is 13.1. The van der Waals surface area contributed by atoms with Crippen molar-refractivity contribution < 1.29 is 4.79 Å². The van der Waals surface area contributed by atoms with Gasteiger partial charge in [0.1, 0.15) is 0 Å². The number of aromatic nitrogens is 2. The molecule has 1 amide bonds. The number of H-pyrrole nitrogens is 2. The van der Waals surface area contributed by atoms with E-state index in [0.717, 1.165) is 25.8 Å². The molecule has 0 unspecified atom stereocenters. The zero-order chi connectivity index (χ0) is 18.1. The molecule has 1 atom stereocenters. The van der Waals surface area contributed by atoms with Gasteiger partial charge in [0.25, 0.3) is 11.5 Å². The summed E-state index contributed by atoms with van der Waals surface area (Å²) in [6.45, 7) is 0.764. The van der Waals surface area contributed by atoms with Gasteiger partial charge in [-0.25, -0.2) is 0 Å². The molecule has 1 aliphatic rings. The van der Waals surface area contributed by atoms with E-state index in [1.807, 2.05) is 23.1 Å². The topological polar surface area (TPSA) is 69.0 Å². The Morgan fingerprint density at radius 3 is 2.77 bits per heavy atom. The van der Waals surface area contributed by atoms with Crippen LogP contribution in [0.25, 0.3) is 10.9 Å². The predicted octanol–water partition coefficient (Wildman–Crippen LogP) is 3.43. The number of benzene rings is 2. The van der Waals surface area contributed by atoms with Gasteiger partial charge in [-0.05, 0) is 55.2 Å². The summed E-state index contributed by atoms with van der Waals surface area (Å²) in [5.41, 5.74) is 2.16. The lowest BCUT2D eigenvalue weighted by Crippen LogP contribution is -2.36. The molecule has 132 valence electrons. The summed E-state index contributed by atoms with van der Waals surface area (Å²) in [6, 6.07) is 15.6. The number of nitrogens with zero attached hydrogens (tertiary/aromatic N) is 1. The summed E-state index contributed by atoms with van der Waals surface area (Å²) in [4.78, 5) is 32.5. The number of aromatic amines is 2. The standard InChI is InChI=1S/C20H19N3O2S/c24-18-16-9-8-14(12-17(16)21-20(26)22-18)19(25)23-10-4-7-15(23)11-13-5-2-1-3-6-13/h1-3,5-6,8-9,12,15H,4,7,10-11H2,(H2,21,22,24,26)/t15-/m0/s1. The number of rotatable bonds is 3. The number of hydrogen-bond acceptors (Lipinski definition) is 3. The quantitative estimate of drug-likeness (QED) is 0.699. The Morgan fingerprint density at radius 2 is 1.96 bits per heavy atom. The van der Waals surface area contributed by atoms with Crippen molar-refractivity contribution in [3.8, 4) is 0 Å². The van der Waals surface area contributed by atoms with E-state index in [1.54, 1.807) is 18.2 Å². The summed E-state index contributed by atoms with van der Waals surface area (Å²) in [5.74, 6) is 0.00457. The third-order valence-electron chi connectivity index (χ3n) is 4.94. The van der Waals surface area contributed by atoms with Crippen LogP contribution in [0.2, 0.25) is 0 Å². The molecule has 0 saturated carbocycles. The molecule has 0 spiro atoms. The number of hydrogen-bond donors (Lipinski definition) is 2. The molecule has 4 rings (SSSR count). The van der Waals surface area contributed by atoms with Gasteiger partial charge in [-0.2, -0.15) is 0 Å². The van der Waals surface area contributed by atoms with Gasteiger partial charge in [0, 0.05) is 18.2 Å². The first-order valence-electron chi connectivity index (χ1n) is 8.73. The average Bonchev–Trinajstić information content (AvgIpc) is 3.09. The van der Waals surface area contributed by atoms with E-state index in [1.165, 1.54) is 5.56 Å². The fourth-order valence-corrected chi connectivity index (χ4v) is 3.87. The van der Waals surface area contributed by atoms with Crippen LogP contribution in [0.5, 0.6) is 0 Å². The fraction of sp³-hybridized carbons (Fsp3) is 0.250. The van der Waals surface area contributed by atoms with Crippen LogP contribution in [0, 0.1) is 4.77 Å². The van der Waals surface area contributed by atoms with E-state index in [2.05, 4.69) is 22.1 Å². The lowest BCUT2D eigenvalue weighted by Gasteiger charge is -2.25. The van der Waals surface area contributed by atoms with Gasteiger partial charge in [-0.15, -0.1) is 0 Å². The molecule has 5 nitrogen and oxygen atoms in total. The second-order valence-electron chi connectivity index (χ2n) is 6.65.